The summed E-state index contributed by atoms with van der Waals surface area (Å²) in [6, 6.07) is 0. The molecule has 0 aliphatic heterocycles. The molecule has 7 heteroatoms. The molecule has 0 heterocycles. The Labute approximate surface area is 188 Å². The van der Waals surface area contributed by atoms with Crippen LogP contribution in [0.25, 0.3) is 0 Å². The summed E-state index contributed by atoms with van der Waals surface area (Å²) in [5, 5.41) is 42.9. The molecule has 0 radical (unpaired) electrons. The third kappa shape index (κ3) is 4.04. The van der Waals surface area contributed by atoms with Crippen LogP contribution in [-0.4, -0.2) is 37.8 Å². The van der Waals surface area contributed by atoms with Crippen LogP contribution >= 0.6 is 0 Å². The van der Waals surface area contributed by atoms with Crippen LogP contribution in [0, 0.1) is 19.3 Å². The zero-order valence-corrected chi connectivity index (χ0v) is 19.5. The highest BCUT2D eigenvalue weighted by Crippen LogP contribution is 2.44. The molecule has 0 atom stereocenters. The van der Waals surface area contributed by atoms with Crippen LogP contribution in [0.1, 0.15) is 80.4 Å². The van der Waals surface area contributed by atoms with E-state index in [0.29, 0.717) is 18.4 Å². The van der Waals surface area contributed by atoms with Gasteiger partial charge < -0.3 is 20.4 Å². The molecular formula is C25H32O7. The van der Waals surface area contributed by atoms with Gasteiger partial charge in [0.1, 0.15) is 28.6 Å². The van der Waals surface area contributed by atoms with Crippen molar-refractivity contribution in [2.24, 2.45) is 5.41 Å². The average Bonchev–Trinajstić information content (AvgIpc) is 2.71. The number of Topliss-reactive ketones (excluding diaryl/α,β-unsaturated/α-hetero) is 3. The summed E-state index contributed by atoms with van der Waals surface area (Å²) in [4.78, 5) is 38.1. The molecule has 0 spiro atoms. The number of phenolic OH excluding ortho intramolecular Hbond substituents is 2. The normalized spacial score (nSPS) is 16.0. The molecule has 0 saturated carbocycles. The summed E-state index contributed by atoms with van der Waals surface area (Å²) >= 11 is 0. The molecule has 1 aliphatic rings. The molecule has 1 aliphatic carbocycles. The summed E-state index contributed by atoms with van der Waals surface area (Å²) in [6.07, 6.45) is 1.08. The standard InChI is InChI=1S/C25H32O7/c1-7-9-16(26)18-12(3)14(20(28)13(4)21(18)29)11-15-22(30)19(17(27)10-8-2)24(32)25(5,6)23(15)31/h28-31H,7-11H2,1-6H3. The van der Waals surface area contributed by atoms with Gasteiger partial charge in [-0.2, -0.15) is 0 Å². The molecule has 0 saturated heterocycles. The van der Waals surface area contributed by atoms with Crippen LogP contribution in [0.3, 0.4) is 0 Å². The predicted octanol–water partition coefficient (Wildman–Crippen LogP) is 4.84. The molecule has 32 heavy (non-hydrogen) atoms. The van der Waals surface area contributed by atoms with Gasteiger partial charge in [-0.15, -0.1) is 0 Å². The first-order chi connectivity index (χ1) is 14.8. The average molecular weight is 445 g/mol. The number of hydrogen-bond acceptors (Lipinski definition) is 7. The fourth-order valence-corrected chi connectivity index (χ4v) is 4.06. The minimum Gasteiger partial charge on any atom is -0.511 e. The van der Waals surface area contributed by atoms with Gasteiger partial charge in [-0.3, -0.25) is 14.4 Å². The Hall–Kier alpha value is -3.09. The van der Waals surface area contributed by atoms with Gasteiger partial charge in [0.05, 0.1) is 11.0 Å². The third-order valence-electron chi connectivity index (χ3n) is 6.12. The molecule has 0 aromatic heterocycles. The van der Waals surface area contributed by atoms with Crippen LogP contribution in [0.2, 0.25) is 0 Å². The highest BCUT2D eigenvalue weighted by Gasteiger charge is 2.45. The first kappa shape index (κ1) is 25.2. The van der Waals surface area contributed by atoms with Crippen molar-refractivity contribution in [3.63, 3.8) is 0 Å². The van der Waals surface area contributed by atoms with Gasteiger partial charge in [-0.1, -0.05) is 13.8 Å². The van der Waals surface area contributed by atoms with E-state index >= 15 is 0 Å². The van der Waals surface area contributed by atoms with Gasteiger partial charge >= 0.3 is 0 Å². The van der Waals surface area contributed by atoms with E-state index in [4.69, 9.17) is 0 Å². The van der Waals surface area contributed by atoms with Crippen molar-refractivity contribution in [2.75, 3.05) is 0 Å². The molecule has 0 fully saturated rings. The molecule has 0 bridgehead atoms. The maximum Gasteiger partial charge on any atom is 0.183 e. The number of carbonyl (C=O) groups is 3. The van der Waals surface area contributed by atoms with Gasteiger partial charge in [0, 0.05) is 36.0 Å². The lowest BCUT2D eigenvalue weighted by Crippen LogP contribution is -2.37. The zero-order valence-electron chi connectivity index (χ0n) is 19.5. The number of carbonyl (C=O) groups excluding carboxylic acids is 3. The molecule has 0 amide bonds. The van der Waals surface area contributed by atoms with Crippen LogP contribution in [0.4, 0.5) is 0 Å². The fraction of sp³-hybridized carbons (Fsp3) is 0.480. The molecule has 0 unspecified atom stereocenters. The van der Waals surface area contributed by atoms with Crippen molar-refractivity contribution in [1.82, 2.24) is 0 Å². The van der Waals surface area contributed by atoms with E-state index in [0.717, 1.165) is 0 Å². The maximum atomic E-state index is 12.9. The van der Waals surface area contributed by atoms with E-state index < -0.39 is 28.5 Å². The van der Waals surface area contributed by atoms with Crippen LogP contribution in [0.5, 0.6) is 11.5 Å². The van der Waals surface area contributed by atoms with Gasteiger partial charge in [0.15, 0.2) is 17.3 Å². The van der Waals surface area contributed by atoms with Gasteiger partial charge in [0.25, 0.3) is 0 Å². The highest BCUT2D eigenvalue weighted by molar-refractivity contribution is 6.24. The Morgan fingerprint density at radius 2 is 1.38 bits per heavy atom. The van der Waals surface area contributed by atoms with E-state index in [2.05, 4.69) is 0 Å². The largest absolute Gasteiger partial charge is 0.511 e. The van der Waals surface area contributed by atoms with Crippen LogP contribution in [-0.2, 0) is 16.0 Å². The number of aliphatic hydroxyl groups excluding tert-OH is 2. The Morgan fingerprint density at radius 3 is 1.91 bits per heavy atom. The molecule has 4 N–H and O–H groups in total. The molecule has 2 rings (SSSR count). The quantitative estimate of drug-likeness (QED) is 0.333. The number of hydrogen-bond donors (Lipinski definition) is 4. The maximum absolute atomic E-state index is 12.9. The number of aromatic hydroxyl groups is 2. The first-order valence-electron chi connectivity index (χ1n) is 10.8. The zero-order chi connectivity index (χ0) is 24.5. The van der Waals surface area contributed by atoms with Crippen molar-refractivity contribution in [3.05, 3.63) is 44.9 Å². The lowest BCUT2D eigenvalue weighted by Gasteiger charge is -2.31. The van der Waals surface area contributed by atoms with Crippen molar-refractivity contribution in [3.8, 4) is 11.5 Å². The van der Waals surface area contributed by atoms with Crippen LogP contribution < -0.4 is 0 Å². The van der Waals surface area contributed by atoms with Crippen molar-refractivity contribution in [2.45, 2.75) is 73.6 Å². The number of ketones is 3. The minimum absolute atomic E-state index is 0.0630. The summed E-state index contributed by atoms with van der Waals surface area (Å²) in [6.45, 7) is 9.56. The Bertz CT molecular complexity index is 1050. The lowest BCUT2D eigenvalue weighted by atomic mass is 9.72. The van der Waals surface area contributed by atoms with E-state index in [1.807, 2.05) is 6.92 Å². The number of aliphatic hydroxyl groups is 2. The SMILES string of the molecule is CCCC(=O)C1=C(O)C(Cc2c(C)c(C(=O)CCC)c(O)c(C)c2O)=C(O)C(C)(C)C1=O. The number of rotatable bonds is 8. The second-order valence-corrected chi connectivity index (χ2v) is 8.83. The summed E-state index contributed by atoms with van der Waals surface area (Å²) in [5.74, 6) is -3.08. The monoisotopic (exact) mass is 444 g/mol. The van der Waals surface area contributed by atoms with Gasteiger partial charge in [-0.25, -0.2) is 0 Å². The van der Waals surface area contributed by atoms with E-state index in [-0.39, 0.29) is 64.4 Å². The lowest BCUT2D eigenvalue weighted by molar-refractivity contribution is -0.127. The fourth-order valence-electron chi connectivity index (χ4n) is 4.06. The number of phenols is 2. The molecule has 174 valence electrons. The third-order valence-corrected chi connectivity index (χ3v) is 6.12. The molecule has 1 aromatic rings. The van der Waals surface area contributed by atoms with Crippen molar-refractivity contribution in [1.29, 1.82) is 0 Å². The molecule has 7 nitrogen and oxygen atoms in total. The van der Waals surface area contributed by atoms with E-state index in [1.54, 1.807) is 13.8 Å². The Balaban J connectivity index is 2.76. The molecule has 1 aromatic carbocycles. The Kier molecular flexibility index (Phi) is 7.23. The summed E-state index contributed by atoms with van der Waals surface area (Å²) in [7, 11) is 0. The highest BCUT2D eigenvalue weighted by atomic mass is 16.3. The second-order valence-electron chi connectivity index (χ2n) is 8.83. The van der Waals surface area contributed by atoms with Crippen molar-refractivity contribution >= 4 is 17.3 Å². The topological polar surface area (TPSA) is 132 Å². The van der Waals surface area contributed by atoms with E-state index in [1.165, 1.54) is 20.8 Å². The summed E-state index contributed by atoms with van der Waals surface area (Å²) < 4.78 is 0. The minimum atomic E-state index is -1.45. The second kappa shape index (κ2) is 9.18. The number of benzene rings is 1. The first-order valence-corrected chi connectivity index (χ1v) is 10.8. The van der Waals surface area contributed by atoms with E-state index in [9.17, 15) is 34.8 Å². The number of allylic oxidation sites excluding steroid dienone is 3. The summed E-state index contributed by atoms with van der Waals surface area (Å²) in [5.41, 5.74) is -1.16. The van der Waals surface area contributed by atoms with Gasteiger partial charge in [-0.05, 0) is 46.1 Å². The van der Waals surface area contributed by atoms with Crippen LogP contribution in [0.15, 0.2) is 22.7 Å². The van der Waals surface area contributed by atoms with Crippen molar-refractivity contribution < 1.29 is 34.8 Å². The smallest absolute Gasteiger partial charge is 0.183 e. The predicted molar refractivity (Wildman–Crippen MR) is 120 cm³/mol. The van der Waals surface area contributed by atoms with Gasteiger partial charge in [0.2, 0.25) is 0 Å². The Morgan fingerprint density at radius 1 is 0.844 bits per heavy atom. The molecular weight excluding hydrogens is 412 g/mol.